The molecule has 0 atom stereocenters. The van der Waals surface area contributed by atoms with Crippen LogP contribution in [0.3, 0.4) is 0 Å². The smallest absolute Gasteiger partial charge is 0.128 e. The Labute approximate surface area is 94.9 Å². The van der Waals surface area contributed by atoms with E-state index < -0.39 is 0 Å². The molecule has 0 radical (unpaired) electrons. The van der Waals surface area contributed by atoms with Crippen LogP contribution in [0.5, 0.6) is 5.75 Å². The van der Waals surface area contributed by atoms with Crippen LogP contribution < -0.4 is 10.5 Å². The van der Waals surface area contributed by atoms with Crippen molar-refractivity contribution in [3.63, 3.8) is 0 Å². The number of benzene rings is 1. The van der Waals surface area contributed by atoms with Gasteiger partial charge < -0.3 is 10.5 Å². The second kappa shape index (κ2) is 4.66. The van der Waals surface area contributed by atoms with Gasteiger partial charge in [0.05, 0.1) is 12.3 Å². The second-order valence-corrected chi connectivity index (χ2v) is 3.38. The summed E-state index contributed by atoms with van der Waals surface area (Å²) in [4.78, 5) is 4.28. The molecule has 3 nitrogen and oxygen atoms in total. The number of nitrogens with zero attached hydrogens (tertiary/aromatic N) is 1. The number of hydrogen-bond acceptors (Lipinski definition) is 3. The molecule has 3 heteroatoms. The fourth-order valence-corrected chi connectivity index (χ4v) is 1.56. The van der Waals surface area contributed by atoms with Gasteiger partial charge >= 0.3 is 0 Å². The molecule has 0 amide bonds. The Hall–Kier alpha value is -2.03. The van der Waals surface area contributed by atoms with E-state index in [9.17, 15) is 0 Å². The summed E-state index contributed by atoms with van der Waals surface area (Å²) in [7, 11) is 0. The third-order valence-corrected chi connectivity index (χ3v) is 2.23. The molecule has 1 heterocycles. The predicted octanol–water partition coefficient (Wildman–Crippen LogP) is 2.73. The molecule has 2 N–H and O–H groups in total. The number of aromatic nitrogens is 1. The van der Waals surface area contributed by atoms with Gasteiger partial charge in [-0.1, -0.05) is 18.2 Å². The molecule has 0 saturated heterocycles. The highest BCUT2D eigenvalue weighted by Crippen LogP contribution is 2.28. The lowest BCUT2D eigenvalue weighted by molar-refractivity contribution is 0.341. The maximum atomic E-state index is 5.67. The third-order valence-electron chi connectivity index (χ3n) is 2.23. The van der Waals surface area contributed by atoms with E-state index in [0.29, 0.717) is 12.4 Å². The van der Waals surface area contributed by atoms with Crippen molar-refractivity contribution in [3.05, 3.63) is 42.5 Å². The number of ether oxygens (including phenoxy) is 1. The van der Waals surface area contributed by atoms with E-state index in [1.165, 1.54) is 0 Å². The van der Waals surface area contributed by atoms with Gasteiger partial charge in [-0.2, -0.15) is 0 Å². The molecule has 0 aliphatic carbocycles. The van der Waals surface area contributed by atoms with Crippen molar-refractivity contribution >= 4 is 5.82 Å². The van der Waals surface area contributed by atoms with E-state index in [2.05, 4.69) is 4.98 Å². The summed E-state index contributed by atoms with van der Waals surface area (Å²) >= 11 is 0. The molecule has 0 saturated carbocycles. The topological polar surface area (TPSA) is 48.1 Å². The number of nitrogens with two attached hydrogens (primary N) is 1. The highest BCUT2D eigenvalue weighted by Gasteiger charge is 2.06. The van der Waals surface area contributed by atoms with Crippen molar-refractivity contribution in [2.45, 2.75) is 6.92 Å². The summed E-state index contributed by atoms with van der Waals surface area (Å²) in [6.07, 6.45) is 0. The van der Waals surface area contributed by atoms with Crippen molar-refractivity contribution in [3.8, 4) is 17.0 Å². The van der Waals surface area contributed by atoms with Crippen LogP contribution in [0.15, 0.2) is 42.5 Å². The number of para-hydroxylation sites is 1. The number of hydrogen-bond donors (Lipinski definition) is 1. The first-order chi connectivity index (χ1) is 7.81. The minimum Gasteiger partial charge on any atom is -0.493 e. The molecule has 1 aromatic heterocycles. The van der Waals surface area contributed by atoms with Crippen molar-refractivity contribution in [1.82, 2.24) is 4.98 Å². The molecule has 0 bridgehead atoms. The van der Waals surface area contributed by atoms with Crippen LogP contribution in [0, 0.1) is 0 Å². The Morgan fingerprint density at radius 1 is 1.12 bits per heavy atom. The van der Waals surface area contributed by atoms with Gasteiger partial charge in [0, 0.05) is 5.56 Å². The van der Waals surface area contributed by atoms with Gasteiger partial charge in [-0.25, -0.2) is 4.98 Å². The predicted molar refractivity (Wildman–Crippen MR) is 65.3 cm³/mol. The van der Waals surface area contributed by atoms with E-state index in [1.807, 2.05) is 43.3 Å². The lowest BCUT2D eigenvalue weighted by atomic mass is 10.1. The van der Waals surface area contributed by atoms with Crippen LogP contribution >= 0.6 is 0 Å². The zero-order valence-corrected chi connectivity index (χ0v) is 9.18. The number of nitrogen functional groups attached to an aromatic ring is 1. The van der Waals surface area contributed by atoms with Gasteiger partial charge in [-0.15, -0.1) is 0 Å². The van der Waals surface area contributed by atoms with E-state index in [0.717, 1.165) is 17.0 Å². The molecule has 0 aliphatic heterocycles. The van der Waals surface area contributed by atoms with Crippen LogP contribution in [-0.2, 0) is 0 Å². The first-order valence-corrected chi connectivity index (χ1v) is 5.26. The molecule has 16 heavy (non-hydrogen) atoms. The Bertz CT molecular complexity index is 483. The Morgan fingerprint density at radius 3 is 2.69 bits per heavy atom. The molecule has 0 unspecified atom stereocenters. The molecular weight excluding hydrogens is 200 g/mol. The summed E-state index contributed by atoms with van der Waals surface area (Å²) < 4.78 is 5.55. The SMILES string of the molecule is CCOc1ccccc1-c1cccc(N)n1. The fraction of sp³-hybridized carbons (Fsp3) is 0.154. The van der Waals surface area contributed by atoms with Crippen LogP contribution in [0.1, 0.15) is 6.92 Å². The Morgan fingerprint density at radius 2 is 1.94 bits per heavy atom. The quantitative estimate of drug-likeness (QED) is 0.854. The molecule has 1 aromatic carbocycles. The highest BCUT2D eigenvalue weighted by atomic mass is 16.5. The highest BCUT2D eigenvalue weighted by molar-refractivity contribution is 5.68. The lowest BCUT2D eigenvalue weighted by Crippen LogP contribution is -1.96. The number of rotatable bonds is 3. The van der Waals surface area contributed by atoms with Crippen molar-refractivity contribution in [1.29, 1.82) is 0 Å². The largest absolute Gasteiger partial charge is 0.493 e. The molecule has 0 aliphatic rings. The van der Waals surface area contributed by atoms with Crippen molar-refractivity contribution in [2.75, 3.05) is 12.3 Å². The zero-order chi connectivity index (χ0) is 11.4. The zero-order valence-electron chi connectivity index (χ0n) is 9.18. The van der Waals surface area contributed by atoms with Crippen LogP contribution in [0.4, 0.5) is 5.82 Å². The minimum atomic E-state index is 0.517. The van der Waals surface area contributed by atoms with E-state index in [-0.39, 0.29) is 0 Å². The molecule has 0 fully saturated rings. The van der Waals surface area contributed by atoms with Gasteiger partial charge in [-0.3, -0.25) is 0 Å². The first kappa shape index (κ1) is 10.5. The third kappa shape index (κ3) is 2.14. The van der Waals surface area contributed by atoms with E-state index in [1.54, 1.807) is 6.07 Å². The van der Waals surface area contributed by atoms with Crippen molar-refractivity contribution in [2.24, 2.45) is 0 Å². The standard InChI is InChI=1S/C13H14N2O/c1-2-16-12-8-4-3-6-10(12)11-7-5-9-13(14)15-11/h3-9H,2H2,1H3,(H2,14,15). The molecule has 2 rings (SSSR count). The summed E-state index contributed by atoms with van der Waals surface area (Å²) in [6.45, 7) is 2.60. The van der Waals surface area contributed by atoms with Crippen LogP contribution in [-0.4, -0.2) is 11.6 Å². The average Bonchev–Trinajstić information content (AvgIpc) is 2.30. The Balaban J connectivity index is 2.46. The monoisotopic (exact) mass is 214 g/mol. The molecule has 82 valence electrons. The maximum Gasteiger partial charge on any atom is 0.128 e. The first-order valence-electron chi connectivity index (χ1n) is 5.26. The summed E-state index contributed by atoms with van der Waals surface area (Å²) in [5, 5.41) is 0. The summed E-state index contributed by atoms with van der Waals surface area (Å²) in [5.74, 6) is 1.35. The number of anilines is 1. The van der Waals surface area contributed by atoms with Gasteiger partial charge in [0.15, 0.2) is 0 Å². The molecule has 2 aromatic rings. The summed E-state index contributed by atoms with van der Waals surface area (Å²) in [6, 6.07) is 13.4. The van der Waals surface area contributed by atoms with E-state index in [4.69, 9.17) is 10.5 Å². The lowest BCUT2D eigenvalue weighted by Gasteiger charge is -2.09. The fourth-order valence-electron chi connectivity index (χ4n) is 1.56. The van der Waals surface area contributed by atoms with Gasteiger partial charge in [0.2, 0.25) is 0 Å². The molecular formula is C13H14N2O. The minimum absolute atomic E-state index is 0.517. The molecule has 0 spiro atoms. The van der Waals surface area contributed by atoms with E-state index >= 15 is 0 Å². The van der Waals surface area contributed by atoms with Crippen molar-refractivity contribution < 1.29 is 4.74 Å². The summed E-state index contributed by atoms with van der Waals surface area (Å²) in [5.41, 5.74) is 7.47. The number of pyridine rings is 1. The van der Waals surface area contributed by atoms with Crippen LogP contribution in [0.2, 0.25) is 0 Å². The normalized spacial score (nSPS) is 10.1. The Kier molecular flexibility index (Phi) is 3.05. The van der Waals surface area contributed by atoms with Gasteiger partial charge in [0.25, 0.3) is 0 Å². The van der Waals surface area contributed by atoms with Gasteiger partial charge in [-0.05, 0) is 31.2 Å². The van der Waals surface area contributed by atoms with Gasteiger partial charge in [0.1, 0.15) is 11.6 Å². The van der Waals surface area contributed by atoms with Crippen LogP contribution in [0.25, 0.3) is 11.3 Å². The maximum absolute atomic E-state index is 5.67. The second-order valence-electron chi connectivity index (χ2n) is 3.38. The average molecular weight is 214 g/mol.